The number of amides is 1. The highest BCUT2D eigenvalue weighted by molar-refractivity contribution is 8.01. The number of fused-ring (bicyclic) bond motifs is 1. The summed E-state index contributed by atoms with van der Waals surface area (Å²) >= 11 is 3.38. The number of thiophene rings is 1. The lowest BCUT2D eigenvalue weighted by Crippen LogP contribution is -2.34. The summed E-state index contributed by atoms with van der Waals surface area (Å²) in [6, 6.07) is 8.55. The lowest BCUT2D eigenvalue weighted by molar-refractivity contribution is -0.129. The van der Waals surface area contributed by atoms with Crippen molar-refractivity contribution in [3.8, 4) is 0 Å². The molecule has 4 heteroatoms. The van der Waals surface area contributed by atoms with Crippen molar-refractivity contribution in [1.29, 1.82) is 0 Å². The molecule has 1 aliphatic rings. The largest absolute Gasteiger partial charge is 0.340 e. The van der Waals surface area contributed by atoms with Crippen molar-refractivity contribution >= 4 is 29.0 Å². The third-order valence-electron chi connectivity index (χ3n) is 3.55. The maximum atomic E-state index is 12.5. The summed E-state index contributed by atoms with van der Waals surface area (Å²) in [5, 5.41) is 4.19. The molecular formula is C16H17NOS2. The summed E-state index contributed by atoms with van der Waals surface area (Å²) in [5.41, 5.74) is 3.78. The van der Waals surface area contributed by atoms with Crippen molar-refractivity contribution in [2.45, 2.75) is 30.0 Å². The van der Waals surface area contributed by atoms with Gasteiger partial charge in [-0.05, 0) is 47.4 Å². The number of thioether (sulfide) groups is 1. The van der Waals surface area contributed by atoms with Gasteiger partial charge in [0.05, 0.1) is 5.25 Å². The van der Waals surface area contributed by atoms with Gasteiger partial charge in [-0.1, -0.05) is 17.7 Å². The average Bonchev–Trinajstić information content (AvgIpc) is 3.06. The Hall–Kier alpha value is -1.26. The second-order valence-electron chi connectivity index (χ2n) is 5.25. The van der Waals surface area contributed by atoms with Crippen LogP contribution in [0.15, 0.2) is 39.9 Å². The van der Waals surface area contributed by atoms with Gasteiger partial charge in [-0.2, -0.15) is 11.3 Å². The van der Waals surface area contributed by atoms with E-state index >= 15 is 0 Å². The van der Waals surface area contributed by atoms with E-state index < -0.39 is 0 Å². The molecule has 2 aromatic rings. The summed E-state index contributed by atoms with van der Waals surface area (Å²) < 4.78 is 0. The molecule has 1 aromatic carbocycles. The molecule has 0 spiro atoms. The van der Waals surface area contributed by atoms with Crippen molar-refractivity contribution in [3.05, 3.63) is 51.7 Å². The Morgan fingerprint density at radius 2 is 2.25 bits per heavy atom. The zero-order chi connectivity index (χ0) is 14.1. The predicted molar refractivity (Wildman–Crippen MR) is 85.3 cm³/mol. The van der Waals surface area contributed by atoms with E-state index in [1.54, 1.807) is 23.1 Å². The van der Waals surface area contributed by atoms with Crippen LogP contribution in [0, 0.1) is 6.92 Å². The van der Waals surface area contributed by atoms with E-state index in [9.17, 15) is 4.79 Å². The zero-order valence-corrected chi connectivity index (χ0v) is 13.3. The Morgan fingerprint density at radius 3 is 3.00 bits per heavy atom. The third-order valence-corrected chi connectivity index (χ3v) is 5.57. The standard InChI is InChI=1S/C16H17NOS2/c1-11-3-4-13-8-15(20-14(13)7-11)16(18)17(2)9-12-5-6-19-10-12/h3-7,10,15H,8-9H2,1-2H3/t15-/m1/s1. The quantitative estimate of drug-likeness (QED) is 0.861. The molecule has 0 fully saturated rings. The van der Waals surface area contributed by atoms with Crippen LogP contribution in [0.25, 0.3) is 0 Å². The molecule has 3 rings (SSSR count). The monoisotopic (exact) mass is 303 g/mol. The molecule has 20 heavy (non-hydrogen) atoms. The molecular weight excluding hydrogens is 286 g/mol. The number of nitrogens with zero attached hydrogens (tertiary/aromatic N) is 1. The lowest BCUT2D eigenvalue weighted by Gasteiger charge is -2.20. The zero-order valence-electron chi connectivity index (χ0n) is 11.6. The minimum Gasteiger partial charge on any atom is -0.340 e. The summed E-state index contributed by atoms with van der Waals surface area (Å²) in [7, 11) is 1.90. The third kappa shape index (κ3) is 2.76. The number of rotatable bonds is 3. The minimum absolute atomic E-state index is 0.0374. The van der Waals surface area contributed by atoms with Crippen molar-refractivity contribution in [1.82, 2.24) is 4.90 Å². The maximum absolute atomic E-state index is 12.5. The summed E-state index contributed by atoms with van der Waals surface area (Å²) in [6.07, 6.45) is 0.854. The van der Waals surface area contributed by atoms with E-state index in [2.05, 4.69) is 41.9 Å². The molecule has 1 aromatic heterocycles. The van der Waals surface area contributed by atoms with Gasteiger partial charge >= 0.3 is 0 Å². The van der Waals surface area contributed by atoms with Crippen molar-refractivity contribution in [3.63, 3.8) is 0 Å². The fraction of sp³-hybridized carbons (Fsp3) is 0.312. The first-order valence-electron chi connectivity index (χ1n) is 6.66. The van der Waals surface area contributed by atoms with Crippen LogP contribution in [0.1, 0.15) is 16.7 Å². The van der Waals surface area contributed by atoms with E-state index in [-0.39, 0.29) is 11.2 Å². The average molecular weight is 303 g/mol. The summed E-state index contributed by atoms with van der Waals surface area (Å²) in [6.45, 7) is 2.80. The van der Waals surface area contributed by atoms with E-state index in [0.717, 1.165) is 6.42 Å². The van der Waals surface area contributed by atoms with Crippen LogP contribution in [0.2, 0.25) is 0 Å². The number of benzene rings is 1. The molecule has 2 heterocycles. The van der Waals surface area contributed by atoms with Crippen LogP contribution in [0.5, 0.6) is 0 Å². The molecule has 0 unspecified atom stereocenters. The molecule has 0 saturated heterocycles. The molecule has 0 bridgehead atoms. The Labute approximate surface area is 127 Å². The van der Waals surface area contributed by atoms with Gasteiger partial charge in [-0.25, -0.2) is 0 Å². The Bertz CT molecular complexity index is 621. The SMILES string of the molecule is Cc1ccc2c(c1)S[C@@H](C(=O)N(C)Cc1ccsc1)C2. The number of carbonyl (C=O) groups is 1. The summed E-state index contributed by atoms with van der Waals surface area (Å²) in [5.74, 6) is 0.232. The highest BCUT2D eigenvalue weighted by Crippen LogP contribution is 2.38. The molecule has 0 N–H and O–H groups in total. The van der Waals surface area contributed by atoms with Crippen molar-refractivity contribution < 1.29 is 4.79 Å². The predicted octanol–water partition coefficient (Wildman–Crippen LogP) is 3.73. The molecule has 1 amide bonds. The molecule has 1 atom stereocenters. The lowest BCUT2D eigenvalue weighted by atomic mass is 10.1. The van der Waals surface area contributed by atoms with E-state index in [0.29, 0.717) is 6.54 Å². The van der Waals surface area contributed by atoms with Gasteiger partial charge in [-0.15, -0.1) is 11.8 Å². The topological polar surface area (TPSA) is 20.3 Å². The second-order valence-corrected chi connectivity index (χ2v) is 7.27. The van der Waals surface area contributed by atoms with E-state index in [4.69, 9.17) is 0 Å². The van der Waals surface area contributed by atoms with E-state index in [1.807, 2.05) is 11.9 Å². The van der Waals surface area contributed by atoms with E-state index in [1.165, 1.54) is 21.6 Å². The Morgan fingerprint density at radius 1 is 1.40 bits per heavy atom. The highest BCUT2D eigenvalue weighted by atomic mass is 32.2. The maximum Gasteiger partial charge on any atom is 0.236 e. The first-order chi connectivity index (χ1) is 9.63. The number of hydrogen-bond acceptors (Lipinski definition) is 3. The highest BCUT2D eigenvalue weighted by Gasteiger charge is 2.30. The second kappa shape index (κ2) is 5.62. The van der Waals surface area contributed by atoms with Gasteiger partial charge < -0.3 is 4.90 Å². The van der Waals surface area contributed by atoms with Crippen LogP contribution in [-0.4, -0.2) is 23.1 Å². The smallest absolute Gasteiger partial charge is 0.236 e. The van der Waals surface area contributed by atoms with Gasteiger partial charge in [0.15, 0.2) is 0 Å². The van der Waals surface area contributed by atoms with Crippen LogP contribution < -0.4 is 0 Å². The molecule has 0 aliphatic carbocycles. The molecule has 104 valence electrons. The van der Waals surface area contributed by atoms with Gasteiger partial charge in [0.1, 0.15) is 0 Å². The van der Waals surface area contributed by atoms with Gasteiger partial charge in [0, 0.05) is 18.5 Å². The molecule has 2 nitrogen and oxygen atoms in total. The normalized spacial score (nSPS) is 17.0. The van der Waals surface area contributed by atoms with Crippen LogP contribution in [0.4, 0.5) is 0 Å². The fourth-order valence-corrected chi connectivity index (χ4v) is 4.52. The van der Waals surface area contributed by atoms with Crippen LogP contribution >= 0.6 is 23.1 Å². The van der Waals surface area contributed by atoms with Gasteiger partial charge in [-0.3, -0.25) is 4.79 Å². The Balaban J connectivity index is 1.67. The molecule has 1 aliphatic heterocycles. The minimum atomic E-state index is 0.0374. The van der Waals surface area contributed by atoms with Gasteiger partial charge in [0.2, 0.25) is 5.91 Å². The van der Waals surface area contributed by atoms with Crippen LogP contribution in [0.3, 0.4) is 0 Å². The first-order valence-corrected chi connectivity index (χ1v) is 8.48. The van der Waals surface area contributed by atoms with Gasteiger partial charge in [0.25, 0.3) is 0 Å². The fourth-order valence-electron chi connectivity index (χ4n) is 2.45. The number of aryl methyl sites for hydroxylation is 1. The number of carbonyl (C=O) groups excluding carboxylic acids is 1. The van der Waals surface area contributed by atoms with Crippen molar-refractivity contribution in [2.75, 3.05) is 7.05 Å². The summed E-state index contributed by atoms with van der Waals surface area (Å²) in [4.78, 5) is 15.6. The molecule has 0 saturated carbocycles. The van der Waals surface area contributed by atoms with Crippen LogP contribution in [-0.2, 0) is 17.8 Å². The Kier molecular flexibility index (Phi) is 3.85. The van der Waals surface area contributed by atoms with Crippen molar-refractivity contribution in [2.24, 2.45) is 0 Å². The number of hydrogen-bond donors (Lipinski definition) is 0. The molecule has 0 radical (unpaired) electrons. The first kappa shape index (κ1) is 13.7.